The van der Waals surface area contributed by atoms with Crippen LogP contribution in [-0.4, -0.2) is 5.48 Å². The van der Waals surface area contributed by atoms with E-state index in [1.807, 2.05) is 12.1 Å². The Morgan fingerprint density at radius 1 is 1.33 bits per heavy atom. The van der Waals surface area contributed by atoms with Crippen LogP contribution in [0.4, 0.5) is 0 Å². The topological polar surface area (TPSA) is 31.5 Å². The molecule has 1 aromatic carbocycles. The summed E-state index contributed by atoms with van der Waals surface area (Å²) in [5, 5.41) is 0. The van der Waals surface area contributed by atoms with Gasteiger partial charge in [0.1, 0.15) is 0 Å². The third-order valence-corrected chi connectivity index (χ3v) is 1.20. The summed E-state index contributed by atoms with van der Waals surface area (Å²) in [7, 11) is 0. The van der Waals surface area contributed by atoms with Crippen molar-refractivity contribution in [1.82, 2.24) is 0 Å². The summed E-state index contributed by atoms with van der Waals surface area (Å²) in [6.45, 7) is 2.15. The van der Waals surface area contributed by atoms with Crippen LogP contribution < -0.4 is 0 Å². The summed E-state index contributed by atoms with van der Waals surface area (Å²) >= 11 is 0. The lowest BCUT2D eigenvalue weighted by Crippen LogP contribution is -1.74. The molecule has 1 rings (SSSR count). The zero-order valence-electron chi connectivity index (χ0n) is 5.52. The molecule has 0 aromatic heterocycles. The first kappa shape index (κ1) is 8.18. The van der Waals surface area contributed by atoms with E-state index in [1.54, 1.807) is 0 Å². The smallest absolute Gasteiger partial charge is 0.0184 e. The van der Waals surface area contributed by atoms with Crippen molar-refractivity contribution in [3.05, 3.63) is 35.9 Å². The van der Waals surface area contributed by atoms with E-state index in [0.717, 1.165) is 6.42 Å². The van der Waals surface area contributed by atoms with Gasteiger partial charge in [-0.05, 0) is 18.1 Å². The van der Waals surface area contributed by atoms with Crippen molar-refractivity contribution in [2.45, 2.75) is 13.3 Å². The molecule has 0 aliphatic carbocycles. The van der Waals surface area contributed by atoms with Crippen molar-refractivity contribution in [1.29, 1.82) is 0 Å². The molecule has 2 N–H and O–H groups in total. The van der Waals surface area contributed by atoms with E-state index in [2.05, 4.69) is 25.1 Å². The van der Waals surface area contributed by atoms with Gasteiger partial charge in [-0.3, -0.25) is 0 Å². The van der Waals surface area contributed by atoms with E-state index in [0.29, 0.717) is 0 Å². The van der Waals surface area contributed by atoms with Gasteiger partial charge in [-0.25, -0.2) is 0 Å². The normalized spacial score (nSPS) is 8.11. The van der Waals surface area contributed by atoms with Gasteiger partial charge in [-0.1, -0.05) is 31.2 Å². The number of benzene rings is 1. The van der Waals surface area contributed by atoms with Gasteiger partial charge in [0.2, 0.25) is 0 Å². The molecular weight excluding hydrogens is 112 g/mol. The molecule has 1 nitrogen and oxygen atoms in total. The highest BCUT2D eigenvalue weighted by Gasteiger charge is 1.80. The Bertz CT molecular complexity index is 146. The summed E-state index contributed by atoms with van der Waals surface area (Å²) in [4.78, 5) is 0. The Balaban J connectivity index is 0.000000640. The van der Waals surface area contributed by atoms with Crippen molar-refractivity contribution in [2.24, 2.45) is 0 Å². The van der Waals surface area contributed by atoms with E-state index < -0.39 is 0 Å². The fourth-order valence-corrected chi connectivity index (χ4v) is 0.657. The lowest BCUT2D eigenvalue weighted by Gasteiger charge is -1.89. The highest BCUT2D eigenvalue weighted by Crippen LogP contribution is 1.96. The lowest BCUT2D eigenvalue weighted by atomic mass is 10.2. The Morgan fingerprint density at radius 3 is 2.22 bits per heavy atom. The molecule has 0 bridgehead atoms. The largest absolute Gasteiger partial charge is 0.412 e. The molecule has 0 aliphatic rings. The van der Waals surface area contributed by atoms with Crippen molar-refractivity contribution < 1.29 is 5.48 Å². The minimum absolute atomic E-state index is 0. The first-order valence-electron chi connectivity index (χ1n) is 2.88. The van der Waals surface area contributed by atoms with E-state index in [-0.39, 0.29) is 5.48 Å². The van der Waals surface area contributed by atoms with Crippen LogP contribution in [0.25, 0.3) is 0 Å². The molecule has 9 heavy (non-hydrogen) atoms. The summed E-state index contributed by atoms with van der Waals surface area (Å²) < 4.78 is 0. The van der Waals surface area contributed by atoms with Gasteiger partial charge < -0.3 is 5.48 Å². The van der Waals surface area contributed by atoms with Gasteiger partial charge in [-0.15, -0.1) is 0 Å². The third-order valence-electron chi connectivity index (χ3n) is 1.20. The summed E-state index contributed by atoms with van der Waals surface area (Å²) in [5.41, 5.74) is 1.38. The monoisotopic (exact) mass is 123 g/mol. The maximum atomic E-state index is 2.97. The molecule has 0 saturated heterocycles. The Kier molecular flexibility index (Phi) is 3.72. The molecule has 0 heterocycles. The molecule has 0 fully saturated rings. The molecular formula is C8H11O. The van der Waals surface area contributed by atoms with Crippen LogP contribution in [0.1, 0.15) is 12.5 Å². The van der Waals surface area contributed by atoms with E-state index >= 15 is 0 Å². The van der Waals surface area contributed by atoms with Crippen LogP contribution in [0.3, 0.4) is 0 Å². The second-order valence-corrected chi connectivity index (χ2v) is 1.76. The first-order chi connectivity index (χ1) is 3.93. The Morgan fingerprint density at radius 2 is 1.89 bits per heavy atom. The van der Waals surface area contributed by atoms with E-state index in [1.165, 1.54) is 5.56 Å². The second kappa shape index (κ2) is 4.10. The summed E-state index contributed by atoms with van der Waals surface area (Å²) in [5.74, 6) is 0. The molecule has 1 radical (unpaired) electrons. The third kappa shape index (κ3) is 2.29. The van der Waals surface area contributed by atoms with Crippen LogP contribution in [0.2, 0.25) is 0 Å². The standard InChI is InChI=1S/C8H9.H2O/c1-2-8-6-4-3-5-7-8;/h4-7H,2H2,1H3;1H2. The van der Waals surface area contributed by atoms with Crippen LogP contribution in [0, 0.1) is 6.07 Å². The molecule has 0 amide bonds. The second-order valence-electron chi connectivity index (χ2n) is 1.76. The summed E-state index contributed by atoms with van der Waals surface area (Å²) in [6.07, 6.45) is 1.12. The fourth-order valence-electron chi connectivity index (χ4n) is 0.657. The van der Waals surface area contributed by atoms with Crippen molar-refractivity contribution in [3.8, 4) is 0 Å². The lowest BCUT2D eigenvalue weighted by molar-refractivity contribution is 0.824. The van der Waals surface area contributed by atoms with E-state index in [4.69, 9.17) is 0 Å². The van der Waals surface area contributed by atoms with Gasteiger partial charge >= 0.3 is 0 Å². The fraction of sp³-hybridized carbons (Fsp3) is 0.250. The minimum Gasteiger partial charge on any atom is -0.412 e. The number of hydrogen-bond acceptors (Lipinski definition) is 0. The van der Waals surface area contributed by atoms with Gasteiger partial charge in [0, 0.05) is 0 Å². The molecule has 0 aliphatic heterocycles. The SMILES string of the molecule is CCc1cc[c]cc1.O. The molecule has 1 heteroatoms. The number of hydrogen-bond donors (Lipinski definition) is 0. The maximum absolute atomic E-state index is 2.97. The predicted octanol–water partition coefficient (Wildman–Crippen LogP) is 1.22. The van der Waals surface area contributed by atoms with Crippen LogP contribution >= 0.6 is 0 Å². The molecule has 0 saturated carbocycles. The van der Waals surface area contributed by atoms with Crippen LogP contribution in [0.15, 0.2) is 24.3 Å². The average molecular weight is 123 g/mol. The minimum atomic E-state index is 0. The van der Waals surface area contributed by atoms with Crippen molar-refractivity contribution >= 4 is 0 Å². The molecule has 0 unspecified atom stereocenters. The molecule has 0 atom stereocenters. The van der Waals surface area contributed by atoms with Gasteiger partial charge in [-0.2, -0.15) is 0 Å². The van der Waals surface area contributed by atoms with Crippen LogP contribution in [0.5, 0.6) is 0 Å². The zero-order valence-corrected chi connectivity index (χ0v) is 5.52. The molecule has 1 aromatic rings. The van der Waals surface area contributed by atoms with E-state index in [9.17, 15) is 0 Å². The van der Waals surface area contributed by atoms with Gasteiger partial charge in [0.25, 0.3) is 0 Å². The van der Waals surface area contributed by atoms with Crippen molar-refractivity contribution in [2.75, 3.05) is 0 Å². The highest BCUT2D eigenvalue weighted by molar-refractivity contribution is 5.12. The Labute approximate surface area is 55.6 Å². The highest BCUT2D eigenvalue weighted by atomic mass is 16.0. The van der Waals surface area contributed by atoms with Gasteiger partial charge in [0.05, 0.1) is 0 Å². The average Bonchev–Trinajstić information content (AvgIpc) is 1.90. The van der Waals surface area contributed by atoms with Crippen LogP contribution in [-0.2, 0) is 6.42 Å². The quantitative estimate of drug-likeness (QED) is 0.538. The van der Waals surface area contributed by atoms with Crippen molar-refractivity contribution in [3.63, 3.8) is 0 Å². The Hall–Kier alpha value is -0.820. The zero-order chi connectivity index (χ0) is 5.82. The summed E-state index contributed by atoms with van der Waals surface area (Å²) in [6, 6.07) is 11.0. The molecule has 0 spiro atoms. The molecule has 49 valence electrons. The van der Waals surface area contributed by atoms with Gasteiger partial charge in [0.15, 0.2) is 0 Å². The maximum Gasteiger partial charge on any atom is -0.0184 e. The predicted molar refractivity (Wildman–Crippen MR) is 38.3 cm³/mol. The number of aryl methyl sites for hydroxylation is 1. The number of rotatable bonds is 1. The first-order valence-corrected chi connectivity index (χ1v) is 2.88.